The second-order valence-corrected chi connectivity index (χ2v) is 8.97. The van der Waals surface area contributed by atoms with Crippen LogP contribution in [0.3, 0.4) is 0 Å². The molecule has 34 heavy (non-hydrogen) atoms. The number of pyridine rings is 1. The molecule has 3 heterocycles. The zero-order valence-electron chi connectivity index (χ0n) is 19.4. The third-order valence-corrected chi connectivity index (χ3v) is 6.82. The maximum Gasteiger partial charge on any atom is 0.308 e. The monoisotopic (exact) mass is 466 g/mol. The normalized spacial score (nSPS) is 19.7. The van der Waals surface area contributed by atoms with Crippen LogP contribution in [0.25, 0.3) is 10.9 Å². The zero-order valence-corrected chi connectivity index (χ0v) is 19.4. The Morgan fingerprint density at radius 1 is 1.29 bits per heavy atom. The molecule has 0 saturated carbocycles. The lowest BCUT2D eigenvalue weighted by atomic mass is 9.81. The minimum Gasteiger partial charge on any atom is -0.497 e. The number of fused-ring (bicyclic) bond motifs is 1. The predicted octanol–water partition coefficient (Wildman–Crippen LogP) is 4.48. The van der Waals surface area contributed by atoms with E-state index in [0.717, 1.165) is 48.8 Å². The number of aromatic nitrogens is 3. The Balaban J connectivity index is 1.34. The lowest BCUT2D eigenvalue weighted by molar-refractivity contribution is -0.146. The first-order valence-corrected chi connectivity index (χ1v) is 11.8. The lowest BCUT2D eigenvalue weighted by Crippen LogP contribution is -2.44. The summed E-state index contributed by atoms with van der Waals surface area (Å²) in [6.45, 7) is 2.19. The highest BCUT2D eigenvalue weighted by Gasteiger charge is 2.34. The molecular weight excluding hydrogens is 435 g/mol. The maximum absolute atomic E-state index is 15.4. The SMILES string of the molecule is COc1ccc2nccc(C(F)CC[C@@H]3CCN(CCCc4cncnc4)C[C@@H]3C(=O)O)c2c1. The van der Waals surface area contributed by atoms with Crippen molar-refractivity contribution < 1.29 is 19.0 Å². The van der Waals surface area contributed by atoms with Gasteiger partial charge in [-0.15, -0.1) is 0 Å². The van der Waals surface area contributed by atoms with E-state index in [2.05, 4.69) is 19.9 Å². The highest BCUT2D eigenvalue weighted by atomic mass is 19.1. The number of hydrogen-bond acceptors (Lipinski definition) is 6. The molecule has 4 rings (SSSR count). The van der Waals surface area contributed by atoms with Crippen molar-refractivity contribution in [3.8, 4) is 5.75 Å². The minimum absolute atomic E-state index is 0.0304. The van der Waals surface area contributed by atoms with Gasteiger partial charge in [-0.3, -0.25) is 9.78 Å². The van der Waals surface area contributed by atoms with Crippen molar-refractivity contribution in [2.75, 3.05) is 26.7 Å². The van der Waals surface area contributed by atoms with E-state index in [-0.39, 0.29) is 5.92 Å². The molecule has 7 nitrogen and oxygen atoms in total. The number of rotatable bonds is 10. The van der Waals surface area contributed by atoms with Crippen LogP contribution in [0.1, 0.15) is 43.0 Å². The molecule has 1 unspecified atom stereocenters. The van der Waals surface area contributed by atoms with E-state index < -0.39 is 18.1 Å². The Kier molecular flexibility index (Phi) is 8.00. The fourth-order valence-corrected chi connectivity index (χ4v) is 4.92. The molecule has 1 aromatic carbocycles. The highest BCUT2D eigenvalue weighted by molar-refractivity contribution is 5.83. The summed E-state index contributed by atoms with van der Waals surface area (Å²) < 4.78 is 20.6. The van der Waals surface area contributed by atoms with Crippen LogP contribution in [0.15, 0.2) is 49.2 Å². The number of halogens is 1. The van der Waals surface area contributed by atoms with Crippen molar-refractivity contribution >= 4 is 16.9 Å². The molecule has 3 aromatic rings. The Morgan fingerprint density at radius 3 is 2.88 bits per heavy atom. The zero-order chi connectivity index (χ0) is 23.9. The number of aliphatic carboxylic acids is 1. The predicted molar refractivity (Wildman–Crippen MR) is 127 cm³/mol. The summed E-state index contributed by atoms with van der Waals surface area (Å²) in [6, 6.07) is 7.16. The minimum atomic E-state index is -1.18. The summed E-state index contributed by atoms with van der Waals surface area (Å²) >= 11 is 0. The van der Waals surface area contributed by atoms with Gasteiger partial charge in [0.25, 0.3) is 0 Å². The van der Waals surface area contributed by atoms with Crippen LogP contribution >= 0.6 is 0 Å². The second-order valence-electron chi connectivity index (χ2n) is 8.97. The molecule has 180 valence electrons. The van der Waals surface area contributed by atoms with E-state index in [0.29, 0.717) is 30.7 Å². The highest BCUT2D eigenvalue weighted by Crippen LogP contribution is 2.35. The third-order valence-electron chi connectivity index (χ3n) is 6.82. The Labute approximate surface area is 199 Å². The van der Waals surface area contributed by atoms with E-state index in [1.807, 2.05) is 30.6 Å². The molecule has 1 aliphatic rings. The number of carboxylic acids is 1. The van der Waals surface area contributed by atoms with Crippen LogP contribution in [0.4, 0.5) is 4.39 Å². The van der Waals surface area contributed by atoms with Gasteiger partial charge in [0.15, 0.2) is 0 Å². The number of hydrogen-bond donors (Lipinski definition) is 1. The largest absolute Gasteiger partial charge is 0.497 e. The van der Waals surface area contributed by atoms with Gasteiger partial charge in [0, 0.05) is 30.5 Å². The third kappa shape index (κ3) is 5.86. The Bertz CT molecular complexity index is 1100. The summed E-state index contributed by atoms with van der Waals surface area (Å²) in [5.41, 5.74) is 2.39. The van der Waals surface area contributed by atoms with Crippen molar-refractivity contribution in [1.82, 2.24) is 19.9 Å². The van der Waals surface area contributed by atoms with Crippen LogP contribution in [-0.2, 0) is 11.2 Å². The molecular formula is C26H31FN4O3. The van der Waals surface area contributed by atoms with E-state index >= 15 is 4.39 Å². The Hall–Kier alpha value is -3.13. The van der Waals surface area contributed by atoms with Crippen LogP contribution in [0, 0.1) is 11.8 Å². The molecule has 1 saturated heterocycles. The molecule has 0 spiro atoms. The van der Waals surface area contributed by atoms with Crippen molar-refractivity contribution in [3.63, 3.8) is 0 Å². The van der Waals surface area contributed by atoms with Crippen molar-refractivity contribution in [3.05, 3.63) is 60.3 Å². The van der Waals surface area contributed by atoms with Crippen LogP contribution in [0.2, 0.25) is 0 Å². The first-order valence-electron chi connectivity index (χ1n) is 11.8. The number of aryl methyl sites for hydroxylation is 1. The van der Waals surface area contributed by atoms with Crippen molar-refractivity contribution in [2.24, 2.45) is 11.8 Å². The molecule has 1 fully saturated rings. The fraction of sp³-hybridized carbons (Fsp3) is 0.462. The number of benzene rings is 1. The second kappa shape index (κ2) is 11.3. The standard InChI is InChI=1S/C26H31FN4O3/c1-34-20-5-7-25-22(13-20)21(8-10-30-25)24(27)6-4-19-9-12-31(16-23(19)26(32)33)11-2-3-18-14-28-17-29-15-18/h5,7-8,10,13-15,17,19,23-24H,2-4,6,9,11-12,16H2,1H3,(H,32,33)/t19-,23+,24?/m1/s1. The van der Waals surface area contributed by atoms with E-state index in [1.165, 1.54) is 6.33 Å². The molecule has 3 atom stereocenters. The first kappa shape index (κ1) is 24.0. The number of carbonyl (C=O) groups is 1. The summed E-state index contributed by atoms with van der Waals surface area (Å²) in [7, 11) is 1.58. The van der Waals surface area contributed by atoms with Crippen molar-refractivity contribution in [1.29, 1.82) is 0 Å². The van der Waals surface area contributed by atoms with Gasteiger partial charge in [-0.25, -0.2) is 14.4 Å². The molecule has 0 bridgehead atoms. The quantitative estimate of drug-likeness (QED) is 0.471. The smallest absolute Gasteiger partial charge is 0.308 e. The van der Waals surface area contributed by atoms with Gasteiger partial charge in [0.05, 0.1) is 18.5 Å². The molecule has 1 aliphatic heterocycles. The van der Waals surface area contributed by atoms with Gasteiger partial charge in [-0.2, -0.15) is 0 Å². The van der Waals surface area contributed by atoms with Crippen LogP contribution in [0.5, 0.6) is 5.75 Å². The van der Waals surface area contributed by atoms with E-state index in [9.17, 15) is 9.90 Å². The summed E-state index contributed by atoms with van der Waals surface area (Å²) in [5.74, 6) is -0.639. The van der Waals surface area contributed by atoms with Crippen LogP contribution < -0.4 is 4.74 Å². The van der Waals surface area contributed by atoms with Gasteiger partial charge in [0.2, 0.25) is 0 Å². The number of nitrogens with zero attached hydrogens (tertiary/aromatic N) is 4. The fourth-order valence-electron chi connectivity index (χ4n) is 4.92. The van der Waals surface area contributed by atoms with Gasteiger partial charge < -0.3 is 14.7 Å². The average molecular weight is 467 g/mol. The molecule has 8 heteroatoms. The molecule has 1 N–H and O–H groups in total. The molecule has 2 aromatic heterocycles. The number of alkyl halides is 1. The van der Waals surface area contributed by atoms with Gasteiger partial charge in [0.1, 0.15) is 18.2 Å². The molecule has 0 aliphatic carbocycles. The number of carboxylic acid groups (broad SMARTS) is 1. The van der Waals surface area contributed by atoms with E-state index in [1.54, 1.807) is 19.4 Å². The van der Waals surface area contributed by atoms with Gasteiger partial charge in [-0.1, -0.05) is 0 Å². The first-order chi connectivity index (χ1) is 16.5. The van der Waals surface area contributed by atoms with Gasteiger partial charge in [-0.05, 0) is 86.5 Å². The maximum atomic E-state index is 15.4. The Morgan fingerprint density at radius 2 is 2.12 bits per heavy atom. The average Bonchev–Trinajstić information content (AvgIpc) is 2.87. The lowest BCUT2D eigenvalue weighted by Gasteiger charge is -2.36. The summed E-state index contributed by atoms with van der Waals surface area (Å²) in [4.78, 5) is 26.6. The number of ether oxygens (including phenoxy) is 1. The van der Waals surface area contributed by atoms with E-state index in [4.69, 9.17) is 4.74 Å². The van der Waals surface area contributed by atoms with Gasteiger partial charge >= 0.3 is 5.97 Å². The molecule has 0 radical (unpaired) electrons. The topological polar surface area (TPSA) is 88.4 Å². The summed E-state index contributed by atoms with van der Waals surface area (Å²) in [6.07, 6.45) is 8.98. The molecule has 0 amide bonds. The summed E-state index contributed by atoms with van der Waals surface area (Å²) in [5, 5.41) is 10.6. The van der Waals surface area contributed by atoms with Crippen molar-refractivity contribution in [2.45, 2.75) is 38.3 Å². The number of methoxy groups -OCH3 is 1. The number of likely N-dealkylation sites (tertiary alicyclic amines) is 1. The van der Waals surface area contributed by atoms with Crippen LogP contribution in [-0.4, -0.2) is 57.7 Å². The number of piperidine rings is 1.